The zero-order valence-corrected chi connectivity index (χ0v) is 10.0. The van der Waals surface area contributed by atoms with Gasteiger partial charge in [0.05, 0.1) is 6.61 Å². The Labute approximate surface area is 97.0 Å². The maximum Gasteiger partial charge on any atom is 0.122 e. The first-order chi connectivity index (χ1) is 7.67. The van der Waals surface area contributed by atoms with Gasteiger partial charge in [-0.15, -0.1) is 0 Å². The van der Waals surface area contributed by atoms with E-state index >= 15 is 0 Å². The van der Waals surface area contributed by atoms with Gasteiger partial charge in [-0.25, -0.2) is 0 Å². The van der Waals surface area contributed by atoms with Gasteiger partial charge in [-0.3, -0.25) is 0 Å². The molecule has 0 unspecified atom stereocenters. The Morgan fingerprint density at radius 1 is 1.38 bits per heavy atom. The smallest absolute Gasteiger partial charge is 0.122 e. The molecule has 0 aliphatic carbocycles. The topological polar surface area (TPSA) is 21.3 Å². The van der Waals surface area contributed by atoms with Crippen LogP contribution in [0.5, 0.6) is 5.75 Å². The van der Waals surface area contributed by atoms with Crippen LogP contribution in [0.4, 0.5) is 0 Å². The van der Waals surface area contributed by atoms with E-state index in [1.165, 1.54) is 11.1 Å². The highest BCUT2D eigenvalue weighted by Crippen LogP contribution is 2.40. The third-order valence-electron chi connectivity index (χ3n) is 3.99. The zero-order chi connectivity index (χ0) is 11.2. The SMILES string of the molecule is CC1(C)CNC[C@H]1c1ccc2c(c1)CCO2. The van der Waals surface area contributed by atoms with Crippen LogP contribution in [0.15, 0.2) is 18.2 Å². The second-order valence-electron chi connectivity index (χ2n) is 5.64. The van der Waals surface area contributed by atoms with Crippen molar-refractivity contribution in [2.45, 2.75) is 26.2 Å². The average molecular weight is 217 g/mol. The van der Waals surface area contributed by atoms with E-state index in [1.807, 2.05) is 0 Å². The van der Waals surface area contributed by atoms with Gasteiger partial charge in [0.2, 0.25) is 0 Å². The van der Waals surface area contributed by atoms with Crippen molar-refractivity contribution >= 4 is 0 Å². The minimum absolute atomic E-state index is 0.369. The van der Waals surface area contributed by atoms with Gasteiger partial charge in [-0.05, 0) is 22.6 Å². The molecule has 16 heavy (non-hydrogen) atoms. The second kappa shape index (κ2) is 3.49. The van der Waals surface area contributed by atoms with Gasteiger partial charge in [-0.2, -0.15) is 0 Å². The zero-order valence-electron chi connectivity index (χ0n) is 10.0. The molecule has 3 rings (SSSR count). The lowest BCUT2D eigenvalue weighted by molar-refractivity contribution is 0.355. The van der Waals surface area contributed by atoms with E-state index in [4.69, 9.17) is 4.74 Å². The first-order valence-electron chi connectivity index (χ1n) is 6.13. The standard InChI is InChI=1S/C14H19NO/c1-14(2)9-15-8-12(14)10-3-4-13-11(7-10)5-6-16-13/h3-4,7,12,15H,5-6,8-9H2,1-2H3/t12-/m0/s1. The van der Waals surface area contributed by atoms with E-state index in [0.29, 0.717) is 11.3 Å². The molecule has 0 bridgehead atoms. The van der Waals surface area contributed by atoms with E-state index in [-0.39, 0.29) is 0 Å². The van der Waals surface area contributed by atoms with Crippen LogP contribution in [0.2, 0.25) is 0 Å². The summed E-state index contributed by atoms with van der Waals surface area (Å²) in [4.78, 5) is 0. The number of fused-ring (bicyclic) bond motifs is 1. The van der Waals surface area contributed by atoms with E-state index in [2.05, 4.69) is 37.4 Å². The molecule has 86 valence electrons. The minimum Gasteiger partial charge on any atom is -0.493 e. The van der Waals surface area contributed by atoms with Crippen molar-refractivity contribution in [1.82, 2.24) is 5.32 Å². The van der Waals surface area contributed by atoms with E-state index < -0.39 is 0 Å². The maximum absolute atomic E-state index is 5.55. The highest BCUT2D eigenvalue weighted by atomic mass is 16.5. The van der Waals surface area contributed by atoms with Crippen LogP contribution in [-0.4, -0.2) is 19.7 Å². The van der Waals surface area contributed by atoms with Crippen molar-refractivity contribution in [2.75, 3.05) is 19.7 Å². The molecule has 1 aromatic rings. The molecule has 2 aliphatic heterocycles. The molecular formula is C14H19NO. The third-order valence-corrected chi connectivity index (χ3v) is 3.99. The Hall–Kier alpha value is -1.02. The van der Waals surface area contributed by atoms with Crippen molar-refractivity contribution in [3.05, 3.63) is 29.3 Å². The van der Waals surface area contributed by atoms with Gasteiger partial charge in [0.1, 0.15) is 5.75 Å². The van der Waals surface area contributed by atoms with Crippen LogP contribution in [-0.2, 0) is 6.42 Å². The van der Waals surface area contributed by atoms with Gasteiger partial charge in [0, 0.05) is 25.4 Å². The van der Waals surface area contributed by atoms with Crippen LogP contribution >= 0.6 is 0 Å². The molecule has 1 aromatic carbocycles. The molecule has 0 aromatic heterocycles. The molecule has 0 radical (unpaired) electrons. The number of benzene rings is 1. The van der Waals surface area contributed by atoms with Gasteiger partial charge in [-0.1, -0.05) is 26.0 Å². The lowest BCUT2D eigenvalue weighted by Gasteiger charge is -2.26. The van der Waals surface area contributed by atoms with Crippen molar-refractivity contribution in [3.63, 3.8) is 0 Å². The first kappa shape index (κ1) is 10.2. The molecule has 2 heterocycles. The molecular weight excluding hydrogens is 198 g/mol. The highest BCUT2D eigenvalue weighted by molar-refractivity contribution is 5.41. The first-order valence-corrected chi connectivity index (χ1v) is 6.13. The van der Waals surface area contributed by atoms with Gasteiger partial charge in [0.25, 0.3) is 0 Å². The highest BCUT2D eigenvalue weighted by Gasteiger charge is 2.35. The lowest BCUT2D eigenvalue weighted by Crippen LogP contribution is -2.20. The number of ether oxygens (including phenoxy) is 1. The summed E-state index contributed by atoms with van der Waals surface area (Å²) in [5, 5.41) is 3.50. The van der Waals surface area contributed by atoms with Crippen LogP contribution in [0, 0.1) is 5.41 Å². The monoisotopic (exact) mass is 217 g/mol. The molecule has 1 fully saturated rings. The van der Waals surface area contributed by atoms with E-state index in [9.17, 15) is 0 Å². The van der Waals surface area contributed by atoms with Gasteiger partial charge in [0.15, 0.2) is 0 Å². The van der Waals surface area contributed by atoms with Crippen LogP contribution < -0.4 is 10.1 Å². The lowest BCUT2D eigenvalue weighted by atomic mass is 9.77. The van der Waals surface area contributed by atoms with Crippen molar-refractivity contribution in [1.29, 1.82) is 0 Å². The molecule has 0 amide bonds. The van der Waals surface area contributed by atoms with Crippen LogP contribution in [0.1, 0.15) is 30.9 Å². The minimum atomic E-state index is 0.369. The predicted octanol–water partition coefficient (Wildman–Crippen LogP) is 2.33. The maximum atomic E-state index is 5.55. The molecule has 1 N–H and O–H groups in total. The van der Waals surface area contributed by atoms with Crippen molar-refractivity contribution in [2.24, 2.45) is 5.41 Å². The molecule has 2 heteroatoms. The Kier molecular flexibility index (Phi) is 2.21. The molecule has 0 spiro atoms. The summed E-state index contributed by atoms with van der Waals surface area (Å²) in [5.74, 6) is 1.73. The second-order valence-corrected chi connectivity index (χ2v) is 5.64. The number of hydrogen-bond acceptors (Lipinski definition) is 2. The molecule has 2 aliphatic rings. The van der Waals surface area contributed by atoms with E-state index in [0.717, 1.165) is 31.9 Å². The van der Waals surface area contributed by atoms with Crippen molar-refractivity contribution < 1.29 is 4.74 Å². The third kappa shape index (κ3) is 1.52. The fraction of sp³-hybridized carbons (Fsp3) is 0.571. The van der Waals surface area contributed by atoms with Gasteiger partial charge >= 0.3 is 0 Å². The Balaban J connectivity index is 1.95. The molecule has 0 saturated carbocycles. The summed E-state index contributed by atoms with van der Waals surface area (Å²) in [6.45, 7) is 7.77. The Bertz CT molecular complexity index is 411. The summed E-state index contributed by atoms with van der Waals surface area (Å²) < 4.78 is 5.55. The molecule has 2 nitrogen and oxygen atoms in total. The largest absolute Gasteiger partial charge is 0.493 e. The Morgan fingerprint density at radius 2 is 2.25 bits per heavy atom. The molecule has 1 saturated heterocycles. The molecule has 1 atom stereocenters. The average Bonchev–Trinajstić information content (AvgIpc) is 2.82. The summed E-state index contributed by atoms with van der Waals surface area (Å²) in [6.07, 6.45) is 1.07. The fourth-order valence-electron chi connectivity index (χ4n) is 2.93. The summed E-state index contributed by atoms with van der Waals surface area (Å²) in [5.41, 5.74) is 3.23. The number of nitrogens with one attached hydrogen (secondary N) is 1. The summed E-state index contributed by atoms with van der Waals surface area (Å²) >= 11 is 0. The van der Waals surface area contributed by atoms with Crippen LogP contribution in [0.3, 0.4) is 0 Å². The number of rotatable bonds is 1. The normalized spacial score (nSPS) is 26.5. The number of hydrogen-bond donors (Lipinski definition) is 1. The van der Waals surface area contributed by atoms with Crippen LogP contribution in [0.25, 0.3) is 0 Å². The quantitative estimate of drug-likeness (QED) is 0.779. The predicted molar refractivity (Wildman–Crippen MR) is 65.0 cm³/mol. The van der Waals surface area contributed by atoms with Gasteiger partial charge < -0.3 is 10.1 Å². The summed E-state index contributed by atoms with van der Waals surface area (Å²) in [7, 11) is 0. The van der Waals surface area contributed by atoms with E-state index in [1.54, 1.807) is 0 Å². The fourth-order valence-corrected chi connectivity index (χ4v) is 2.93. The summed E-state index contributed by atoms with van der Waals surface area (Å²) in [6, 6.07) is 6.73. The Morgan fingerprint density at radius 3 is 3.00 bits per heavy atom. The van der Waals surface area contributed by atoms with Crippen molar-refractivity contribution in [3.8, 4) is 5.75 Å².